The highest BCUT2D eigenvalue weighted by molar-refractivity contribution is 7.26. The van der Waals surface area contributed by atoms with Crippen LogP contribution in [0.1, 0.15) is 0 Å². The second-order valence-electron chi connectivity index (χ2n) is 9.47. The van der Waals surface area contributed by atoms with E-state index in [0.29, 0.717) is 0 Å². The zero-order valence-electron chi connectivity index (χ0n) is 20.4. The Bertz CT molecular complexity index is 2070. The minimum absolute atomic E-state index is 0.948. The summed E-state index contributed by atoms with van der Waals surface area (Å²) in [5.74, 6) is 0. The Morgan fingerprint density at radius 1 is 0.579 bits per heavy atom. The van der Waals surface area contributed by atoms with E-state index < -0.39 is 0 Å². The molecule has 4 aromatic heterocycles. The third-order valence-electron chi connectivity index (χ3n) is 7.24. The van der Waals surface area contributed by atoms with Crippen LogP contribution in [0.15, 0.2) is 128 Å². The van der Waals surface area contributed by atoms with E-state index in [1.54, 1.807) is 0 Å². The van der Waals surface area contributed by atoms with Crippen molar-refractivity contribution < 1.29 is 0 Å². The van der Waals surface area contributed by atoms with Crippen LogP contribution >= 0.6 is 11.3 Å². The summed E-state index contributed by atoms with van der Waals surface area (Å²) in [6.07, 6.45) is 1.90. The average molecular weight is 504 g/mol. The molecule has 0 N–H and O–H groups in total. The summed E-state index contributed by atoms with van der Waals surface area (Å²) in [6.45, 7) is 0. The number of pyridine rings is 2. The second kappa shape index (κ2) is 8.37. The van der Waals surface area contributed by atoms with Gasteiger partial charge in [0.2, 0.25) is 0 Å². The number of thiophene rings is 1. The highest BCUT2D eigenvalue weighted by Crippen LogP contribution is 2.43. The largest absolute Gasteiger partial charge is 0.307 e. The summed E-state index contributed by atoms with van der Waals surface area (Å²) in [7, 11) is 0. The fourth-order valence-corrected chi connectivity index (χ4v) is 6.78. The minimum Gasteiger partial charge on any atom is -0.307 e. The summed E-state index contributed by atoms with van der Waals surface area (Å²) in [6, 6.07) is 42.6. The Morgan fingerprint density at radius 2 is 1.26 bits per heavy atom. The van der Waals surface area contributed by atoms with Crippen molar-refractivity contribution in [1.82, 2.24) is 14.5 Å². The number of hydrogen-bond donors (Lipinski definition) is 0. The van der Waals surface area contributed by atoms with E-state index in [4.69, 9.17) is 9.97 Å². The van der Waals surface area contributed by atoms with E-state index in [9.17, 15) is 0 Å². The summed E-state index contributed by atoms with van der Waals surface area (Å²) in [5, 5.41) is 3.79. The van der Waals surface area contributed by atoms with Crippen molar-refractivity contribution in [3.05, 3.63) is 128 Å². The Hall–Kier alpha value is -4.80. The van der Waals surface area contributed by atoms with Gasteiger partial charge in [0.05, 0.1) is 33.6 Å². The Morgan fingerprint density at radius 3 is 2.00 bits per heavy atom. The van der Waals surface area contributed by atoms with E-state index in [-0.39, 0.29) is 0 Å². The molecule has 38 heavy (non-hydrogen) atoms. The minimum atomic E-state index is 0.948. The summed E-state index contributed by atoms with van der Waals surface area (Å²) in [4.78, 5) is 10.0. The van der Waals surface area contributed by atoms with Crippen LogP contribution in [-0.2, 0) is 0 Å². The number of fused-ring (bicyclic) bond motifs is 7. The van der Waals surface area contributed by atoms with Crippen LogP contribution in [0.4, 0.5) is 0 Å². The maximum Gasteiger partial charge on any atom is 0.0977 e. The molecule has 0 aliphatic rings. The normalized spacial score (nSPS) is 11.7. The molecule has 0 amide bonds. The smallest absolute Gasteiger partial charge is 0.0977 e. The predicted molar refractivity (Wildman–Crippen MR) is 160 cm³/mol. The van der Waals surface area contributed by atoms with E-state index in [1.807, 2.05) is 35.7 Å². The average Bonchev–Trinajstić information content (AvgIpc) is 3.53. The molecule has 3 nitrogen and oxygen atoms in total. The SMILES string of the molecule is c1ccc(-c2cc(-n3c4cccnc4c4c5sc6ccccc6c5ccc43)cc(-c3ccccc3)n2)cc1. The van der Waals surface area contributed by atoms with Crippen LogP contribution in [0, 0.1) is 0 Å². The maximum absolute atomic E-state index is 5.10. The highest BCUT2D eigenvalue weighted by Gasteiger charge is 2.19. The van der Waals surface area contributed by atoms with Gasteiger partial charge in [-0.2, -0.15) is 0 Å². The third kappa shape index (κ3) is 3.21. The predicted octanol–water partition coefficient (Wildman–Crippen LogP) is 9.28. The van der Waals surface area contributed by atoms with Gasteiger partial charge in [-0.3, -0.25) is 4.98 Å². The first-order valence-corrected chi connectivity index (χ1v) is 13.5. The summed E-state index contributed by atoms with van der Waals surface area (Å²) >= 11 is 1.85. The van der Waals surface area contributed by atoms with Crippen LogP contribution < -0.4 is 0 Å². The van der Waals surface area contributed by atoms with Gasteiger partial charge < -0.3 is 4.57 Å². The van der Waals surface area contributed by atoms with Gasteiger partial charge in [0.1, 0.15) is 0 Å². The van der Waals surface area contributed by atoms with Gasteiger partial charge in [-0.05, 0) is 36.4 Å². The molecule has 0 saturated carbocycles. The first-order chi connectivity index (χ1) is 18.8. The quantitative estimate of drug-likeness (QED) is 0.240. The van der Waals surface area contributed by atoms with Crippen molar-refractivity contribution in [2.45, 2.75) is 0 Å². The van der Waals surface area contributed by atoms with Crippen molar-refractivity contribution in [3.8, 4) is 28.2 Å². The lowest BCUT2D eigenvalue weighted by atomic mass is 10.1. The van der Waals surface area contributed by atoms with E-state index in [0.717, 1.165) is 44.8 Å². The Kier molecular flexibility index (Phi) is 4.69. The molecule has 178 valence electrons. The van der Waals surface area contributed by atoms with Crippen molar-refractivity contribution in [1.29, 1.82) is 0 Å². The molecule has 0 fully saturated rings. The number of nitrogens with zero attached hydrogens (tertiary/aromatic N) is 3. The molecule has 0 saturated heterocycles. The maximum atomic E-state index is 5.10. The third-order valence-corrected chi connectivity index (χ3v) is 8.44. The number of benzene rings is 4. The Labute approximate surface area is 223 Å². The molecule has 8 aromatic rings. The summed E-state index contributed by atoms with van der Waals surface area (Å²) in [5.41, 5.74) is 8.44. The van der Waals surface area contributed by atoms with Crippen molar-refractivity contribution in [3.63, 3.8) is 0 Å². The summed E-state index contributed by atoms with van der Waals surface area (Å²) < 4.78 is 4.93. The molecular weight excluding hydrogens is 482 g/mol. The Balaban J connectivity index is 1.49. The van der Waals surface area contributed by atoms with Gasteiger partial charge in [-0.25, -0.2) is 4.98 Å². The zero-order chi connectivity index (χ0) is 25.1. The zero-order valence-corrected chi connectivity index (χ0v) is 21.2. The van der Waals surface area contributed by atoms with Gasteiger partial charge >= 0.3 is 0 Å². The molecule has 4 heterocycles. The molecule has 0 spiro atoms. The van der Waals surface area contributed by atoms with Crippen LogP contribution in [0.2, 0.25) is 0 Å². The number of aromatic nitrogens is 3. The van der Waals surface area contributed by atoms with Crippen molar-refractivity contribution in [2.24, 2.45) is 0 Å². The van der Waals surface area contributed by atoms with Crippen LogP contribution in [-0.4, -0.2) is 14.5 Å². The van der Waals surface area contributed by atoms with E-state index in [2.05, 4.69) is 108 Å². The van der Waals surface area contributed by atoms with Gasteiger partial charge in [0, 0.05) is 42.9 Å². The first kappa shape index (κ1) is 21.3. The molecule has 4 aromatic carbocycles. The lowest BCUT2D eigenvalue weighted by Gasteiger charge is -2.13. The molecule has 0 unspecified atom stereocenters. The molecule has 0 atom stereocenters. The van der Waals surface area contributed by atoms with E-state index >= 15 is 0 Å². The topological polar surface area (TPSA) is 30.7 Å². The molecule has 0 bridgehead atoms. The van der Waals surface area contributed by atoms with Crippen LogP contribution in [0.3, 0.4) is 0 Å². The van der Waals surface area contributed by atoms with Gasteiger partial charge in [0.15, 0.2) is 0 Å². The molecule has 4 heteroatoms. The van der Waals surface area contributed by atoms with Crippen molar-refractivity contribution >= 4 is 53.4 Å². The fraction of sp³-hybridized carbons (Fsp3) is 0. The first-order valence-electron chi connectivity index (χ1n) is 12.7. The monoisotopic (exact) mass is 503 g/mol. The van der Waals surface area contributed by atoms with Crippen molar-refractivity contribution in [2.75, 3.05) is 0 Å². The second-order valence-corrected chi connectivity index (χ2v) is 10.5. The van der Waals surface area contributed by atoms with E-state index in [1.165, 1.54) is 25.6 Å². The molecule has 0 aliphatic heterocycles. The molecular formula is C34H21N3S. The number of hydrogen-bond acceptors (Lipinski definition) is 3. The van der Waals surface area contributed by atoms with Gasteiger partial charge in [-0.15, -0.1) is 11.3 Å². The fourth-order valence-electron chi connectivity index (χ4n) is 5.53. The number of rotatable bonds is 3. The lowest BCUT2D eigenvalue weighted by molar-refractivity contribution is 1.16. The standard InChI is InChI=1S/C34H21N3S/c1-3-10-22(11-4-1)27-20-24(21-28(36-27)23-12-5-2-6-13-23)37-29-18-17-26-25-14-7-8-16-31(25)38-34(26)32(29)33-30(37)15-9-19-35-33/h1-21H. The molecule has 0 aliphatic carbocycles. The molecule has 0 radical (unpaired) electrons. The highest BCUT2D eigenvalue weighted by atomic mass is 32.1. The van der Waals surface area contributed by atoms with Crippen LogP contribution in [0.25, 0.3) is 70.3 Å². The molecule has 8 rings (SSSR count). The van der Waals surface area contributed by atoms with Crippen LogP contribution in [0.5, 0.6) is 0 Å². The van der Waals surface area contributed by atoms with Gasteiger partial charge in [0.25, 0.3) is 0 Å². The lowest BCUT2D eigenvalue weighted by Crippen LogP contribution is -1.98. The van der Waals surface area contributed by atoms with Gasteiger partial charge in [-0.1, -0.05) is 84.9 Å².